The quantitative estimate of drug-likeness (QED) is 0.758. The van der Waals surface area contributed by atoms with Crippen LogP contribution in [-0.4, -0.2) is 46.1 Å². The third kappa shape index (κ3) is 3.04. The Morgan fingerprint density at radius 1 is 1.15 bits per heavy atom. The summed E-state index contributed by atoms with van der Waals surface area (Å²) in [6.07, 6.45) is 0.685. The van der Waals surface area contributed by atoms with Crippen molar-refractivity contribution < 1.29 is 4.79 Å². The molecule has 9 heteroatoms. The molecule has 0 aromatic carbocycles. The second kappa shape index (κ2) is 7.17. The van der Waals surface area contributed by atoms with Crippen molar-refractivity contribution in [3.05, 3.63) is 48.8 Å². The molecule has 8 nitrogen and oxygen atoms in total. The molecule has 0 bridgehead atoms. The Morgan fingerprint density at radius 3 is 2.58 bits per heavy atom. The maximum Gasteiger partial charge on any atom is 0.332 e. The van der Waals surface area contributed by atoms with E-state index in [-0.39, 0.29) is 11.5 Å². The van der Waals surface area contributed by atoms with Gasteiger partial charge in [-0.1, -0.05) is 0 Å². The Hall–Kier alpha value is -2.86. The molecule has 0 N–H and O–H groups in total. The second-order valence-electron chi connectivity index (χ2n) is 6.16. The summed E-state index contributed by atoms with van der Waals surface area (Å²) in [5, 5.41) is 13.1. The van der Waals surface area contributed by atoms with Gasteiger partial charge >= 0.3 is 5.69 Å². The monoisotopic (exact) mass is 373 g/mol. The van der Waals surface area contributed by atoms with Gasteiger partial charge in [-0.05, 0) is 17.9 Å². The zero-order chi connectivity index (χ0) is 18.8. The van der Waals surface area contributed by atoms with Gasteiger partial charge in [0.1, 0.15) is 11.9 Å². The molecule has 0 unspecified atom stereocenters. The Bertz CT molecular complexity index is 984. The highest BCUT2D eigenvalue weighted by Crippen LogP contribution is 2.18. The van der Waals surface area contributed by atoms with Crippen LogP contribution in [0.25, 0.3) is 0 Å². The molecule has 1 fully saturated rings. The van der Waals surface area contributed by atoms with E-state index in [1.54, 1.807) is 18.0 Å². The van der Waals surface area contributed by atoms with Gasteiger partial charge in [0, 0.05) is 45.7 Å². The van der Waals surface area contributed by atoms with Crippen molar-refractivity contribution in [2.24, 2.45) is 14.1 Å². The topological polar surface area (TPSA) is 91.3 Å². The lowest BCUT2D eigenvalue weighted by Crippen LogP contribution is -2.43. The molecule has 3 heterocycles. The summed E-state index contributed by atoms with van der Waals surface area (Å²) < 4.78 is 2.27. The molecule has 1 amide bonds. The Morgan fingerprint density at radius 2 is 1.92 bits per heavy atom. The maximum absolute atomic E-state index is 12.6. The summed E-state index contributed by atoms with van der Waals surface area (Å²) >= 11 is 1.48. The first-order valence-corrected chi connectivity index (χ1v) is 9.16. The SMILES string of the molecule is Cn1c(N2CCCN(C(=O)c3ccsc3)CC2)c(C#N)c(=O)n(C)c1=O. The summed E-state index contributed by atoms with van der Waals surface area (Å²) in [6.45, 7) is 2.06. The first-order chi connectivity index (χ1) is 12.5. The molecule has 1 aliphatic heterocycles. The summed E-state index contributed by atoms with van der Waals surface area (Å²) in [6, 6.07) is 3.73. The lowest BCUT2D eigenvalue weighted by molar-refractivity contribution is 0.0767. The van der Waals surface area contributed by atoms with Crippen LogP contribution in [0, 0.1) is 11.3 Å². The highest BCUT2D eigenvalue weighted by atomic mass is 32.1. The zero-order valence-corrected chi connectivity index (χ0v) is 15.5. The fourth-order valence-electron chi connectivity index (χ4n) is 3.20. The largest absolute Gasteiger partial charge is 0.355 e. The van der Waals surface area contributed by atoms with Gasteiger partial charge in [0.05, 0.1) is 5.56 Å². The smallest absolute Gasteiger partial charge is 0.332 e. The lowest BCUT2D eigenvalue weighted by Gasteiger charge is -2.26. The molecule has 0 atom stereocenters. The van der Waals surface area contributed by atoms with Crippen molar-refractivity contribution in [2.45, 2.75) is 6.42 Å². The number of amides is 1. The van der Waals surface area contributed by atoms with Crippen LogP contribution in [-0.2, 0) is 14.1 Å². The van der Waals surface area contributed by atoms with Crippen LogP contribution in [0.2, 0.25) is 0 Å². The van der Waals surface area contributed by atoms with Gasteiger partial charge < -0.3 is 9.80 Å². The zero-order valence-electron chi connectivity index (χ0n) is 14.6. The van der Waals surface area contributed by atoms with Crippen LogP contribution in [0.3, 0.4) is 0 Å². The van der Waals surface area contributed by atoms with Crippen molar-refractivity contribution in [1.29, 1.82) is 5.26 Å². The van der Waals surface area contributed by atoms with Crippen molar-refractivity contribution in [1.82, 2.24) is 14.0 Å². The molecule has 1 saturated heterocycles. The fourth-order valence-corrected chi connectivity index (χ4v) is 3.83. The normalized spacial score (nSPS) is 14.8. The van der Waals surface area contributed by atoms with Gasteiger partial charge in [0.25, 0.3) is 11.5 Å². The molecule has 136 valence electrons. The molecule has 0 aliphatic carbocycles. The number of aromatic nitrogens is 2. The van der Waals surface area contributed by atoms with Gasteiger partial charge in [-0.3, -0.25) is 18.7 Å². The summed E-state index contributed by atoms with van der Waals surface area (Å²) in [4.78, 5) is 40.7. The van der Waals surface area contributed by atoms with Crippen molar-refractivity contribution >= 4 is 23.1 Å². The summed E-state index contributed by atoms with van der Waals surface area (Å²) in [5.41, 5.74) is -0.449. The van der Waals surface area contributed by atoms with E-state index >= 15 is 0 Å². The van der Waals surface area contributed by atoms with E-state index < -0.39 is 11.2 Å². The lowest BCUT2D eigenvalue weighted by atomic mass is 10.2. The third-order valence-corrected chi connectivity index (χ3v) is 5.28. The molecule has 0 saturated carbocycles. The van der Waals surface area contributed by atoms with E-state index in [1.165, 1.54) is 23.0 Å². The van der Waals surface area contributed by atoms with Crippen LogP contribution in [0.5, 0.6) is 0 Å². The van der Waals surface area contributed by atoms with Crippen LogP contribution in [0.4, 0.5) is 5.82 Å². The number of hydrogen-bond acceptors (Lipinski definition) is 6. The van der Waals surface area contributed by atoms with Crippen LogP contribution < -0.4 is 16.1 Å². The molecule has 0 spiro atoms. The number of nitrogens with zero attached hydrogens (tertiary/aromatic N) is 5. The Labute approximate surface area is 154 Å². The standard InChI is InChI=1S/C17H19N5O3S/c1-19-14(13(10-18)16(24)20(2)17(19)25)21-5-3-6-22(8-7-21)15(23)12-4-9-26-11-12/h4,9,11H,3,5-8H2,1-2H3. The Kier molecular flexibility index (Phi) is 4.95. The summed E-state index contributed by atoms with van der Waals surface area (Å²) in [7, 11) is 2.91. The average Bonchev–Trinajstić information content (AvgIpc) is 3.07. The first kappa shape index (κ1) is 17.9. The van der Waals surface area contributed by atoms with E-state index in [9.17, 15) is 19.6 Å². The number of nitriles is 1. The second-order valence-corrected chi connectivity index (χ2v) is 6.94. The van der Waals surface area contributed by atoms with Gasteiger partial charge in [0.2, 0.25) is 0 Å². The maximum atomic E-state index is 12.6. The third-order valence-electron chi connectivity index (χ3n) is 4.60. The summed E-state index contributed by atoms with van der Waals surface area (Å²) in [5.74, 6) is 0.303. The molecule has 0 radical (unpaired) electrons. The van der Waals surface area contributed by atoms with E-state index in [0.717, 1.165) is 4.57 Å². The van der Waals surface area contributed by atoms with Crippen molar-refractivity contribution in [3.8, 4) is 6.07 Å². The predicted octanol–water partition coefficient (Wildman–Crippen LogP) is 0.370. The van der Waals surface area contributed by atoms with Gasteiger partial charge in [-0.25, -0.2) is 4.79 Å². The number of thiophene rings is 1. The Balaban J connectivity index is 1.91. The van der Waals surface area contributed by atoms with Crippen molar-refractivity contribution in [2.75, 3.05) is 31.1 Å². The fraction of sp³-hybridized carbons (Fsp3) is 0.412. The van der Waals surface area contributed by atoms with Crippen LogP contribution in [0.15, 0.2) is 26.4 Å². The number of hydrogen-bond donors (Lipinski definition) is 0. The number of rotatable bonds is 2. The molecule has 2 aromatic heterocycles. The highest BCUT2D eigenvalue weighted by Gasteiger charge is 2.25. The van der Waals surface area contributed by atoms with Gasteiger partial charge in [-0.15, -0.1) is 0 Å². The van der Waals surface area contributed by atoms with E-state index in [2.05, 4.69) is 0 Å². The minimum atomic E-state index is -0.596. The number of anilines is 1. The minimum Gasteiger partial charge on any atom is -0.355 e. The highest BCUT2D eigenvalue weighted by molar-refractivity contribution is 7.08. The van der Waals surface area contributed by atoms with Gasteiger partial charge in [0.15, 0.2) is 5.56 Å². The average molecular weight is 373 g/mol. The molecular weight excluding hydrogens is 354 g/mol. The molecular formula is C17H19N5O3S. The minimum absolute atomic E-state index is 0.0218. The predicted molar refractivity (Wildman–Crippen MR) is 98.7 cm³/mol. The first-order valence-electron chi connectivity index (χ1n) is 8.22. The van der Waals surface area contributed by atoms with Gasteiger partial charge in [-0.2, -0.15) is 16.6 Å². The van der Waals surface area contributed by atoms with E-state index in [4.69, 9.17) is 0 Å². The van der Waals surface area contributed by atoms with Crippen LogP contribution >= 0.6 is 11.3 Å². The number of carbonyl (C=O) groups is 1. The molecule has 2 aromatic rings. The van der Waals surface area contributed by atoms with Crippen molar-refractivity contribution in [3.63, 3.8) is 0 Å². The number of carbonyl (C=O) groups excluding carboxylic acids is 1. The molecule has 3 rings (SSSR count). The molecule has 26 heavy (non-hydrogen) atoms. The van der Waals surface area contributed by atoms with E-state index in [1.807, 2.05) is 21.7 Å². The van der Waals surface area contributed by atoms with E-state index in [0.29, 0.717) is 44.0 Å². The van der Waals surface area contributed by atoms with Crippen LogP contribution in [0.1, 0.15) is 22.3 Å². The molecule has 1 aliphatic rings.